The molecule has 1 aliphatic heterocycles. The van der Waals surface area contributed by atoms with Crippen molar-refractivity contribution in [2.75, 3.05) is 13.1 Å². The van der Waals surface area contributed by atoms with Gasteiger partial charge in [0.1, 0.15) is 17.2 Å². The third kappa shape index (κ3) is 4.86. The lowest BCUT2D eigenvalue weighted by atomic mass is 10.1. The first-order chi connectivity index (χ1) is 15.7. The van der Waals surface area contributed by atoms with Gasteiger partial charge in [-0.2, -0.15) is 5.10 Å². The van der Waals surface area contributed by atoms with Crippen LogP contribution in [0.4, 0.5) is 0 Å². The summed E-state index contributed by atoms with van der Waals surface area (Å²) in [5, 5.41) is 5.66. The molecule has 1 aliphatic rings. The van der Waals surface area contributed by atoms with E-state index in [1.165, 1.54) is 6.08 Å². The van der Waals surface area contributed by atoms with E-state index in [1.807, 2.05) is 83.5 Å². The molecule has 0 N–H and O–H groups in total. The van der Waals surface area contributed by atoms with E-state index in [9.17, 15) is 4.79 Å². The Bertz CT molecular complexity index is 1190. The first-order valence-electron chi connectivity index (χ1n) is 10.7. The van der Waals surface area contributed by atoms with E-state index in [1.54, 1.807) is 6.20 Å². The summed E-state index contributed by atoms with van der Waals surface area (Å²) in [6, 6.07) is 19.7. The number of fused-ring (bicyclic) bond motifs is 1. The van der Waals surface area contributed by atoms with Gasteiger partial charge in [-0.3, -0.25) is 14.5 Å². The molecule has 4 aromatic rings. The highest BCUT2D eigenvalue weighted by atomic mass is 16.5. The molecular formula is C26H26N4O2. The van der Waals surface area contributed by atoms with Crippen molar-refractivity contribution in [2.24, 2.45) is 7.05 Å². The number of aryl methyl sites for hydroxylation is 1. The number of nitrogens with zero attached hydrogens (tertiary/aromatic N) is 4. The number of ether oxygens (including phenoxy) is 1. The van der Waals surface area contributed by atoms with Crippen molar-refractivity contribution < 1.29 is 9.53 Å². The van der Waals surface area contributed by atoms with Crippen LogP contribution in [0.1, 0.15) is 12.8 Å². The topological polar surface area (TPSA) is 60.2 Å². The molecule has 0 aliphatic carbocycles. The molecule has 0 bridgehead atoms. The first kappa shape index (κ1) is 21.3. The number of carbonyl (C=O) groups is 1. The van der Waals surface area contributed by atoms with Gasteiger partial charge >= 0.3 is 0 Å². The molecule has 0 radical (unpaired) electrons. The molecule has 0 saturated carbocycles. The Balaban J connectivity index is 0.000000230. The fourth-order valence-electron chi connectivity index (χ4n) is 3.69. The highest BCUT2D eigenvalue weighted by Gasteiger charge is 2.14. The zero-order valence-electron chi connectivity index (χ0n) is 18.1. The standard InChI is InChI=1S/C19H15N3O.C7H11NO/c1-22-18-11-12-20-13-17(18)19(21-22)14-7-9-16(10-8-14)23-15-5-3-2-4-6-15;1-2-7(9)8-5-3-4-6-8/h2-13H,1H3;2H,1,3-6H2. The molecule has 0 atom stereocenters. The predicted octanol–water partition coefficient (Wildman–Crippen LogP) is 5.22. The van der Waals surface area contributed by atoms with Crippen LogP contribution in [0.5, 0.6) is 11.5 Å². The van der Waals surface area contributed by atoms with Crippen LogP contribution in [0.2, 0.25) is 0 Å². The molecule has 1 amide bonds. The van der Waals surface area contributed by atoms with Crippen molar-refractivity contribution >= 4 is 16.8 Å². The third-order valence-corrected chi connectivity index (χ3v) is 5.35. The molecule has 1 fully saturated rings. The summed E-state index contributed by atoms with van der Waals surface area (Å²) in [6.07, 6.45) is 7.32. The largest absolute Gasteiger partial charge is 0.457 e. The second-order valence-electron chi connectivity index (χ2n) is 7.54. The lowest BCUT2D eigenvalue weighted by Crippen LogP contribution is -2.25. The third-order valence-electron chi connectivity index (χ3n) is 5.35. The van der Waals surface area contributed by atoms with Gasteiger partial charge in [0.25, 0.3) is 0 Å². The van der Waals surface area contributed by atoms with Crippen LogP contribution < -0.4 is 4.74 Å². The van der Waals surface area contributed by atoms with Crippen LogP contribution in [0.15, 0.2) is 85.7 Å². The van der Waals surface area contributed by atoms with Gasteiger partial charge in [-0.1, -0.05) is 24.8 Å². The average molecular weight is 427 g/mol. The zero-order valence-corrected chi connectivity index (χ0v) is 18.1. The molecule has 0 unspecified atom stereocenters. The number of aromatic nitrogens is 3. The summed E-state index contributed by atoms with van der Waals surface area (Å²) >= 11 is 0. The molecule has 3 heterocycles. The van der Waals surface area contributed by atoms with E-state index >= 15 is 0 Å². The fourth-order valence-corrected chi connectivity index (χ4v) is 3.69. The summed E-state index contributed by atoms with van der Waals surface area (Å²) in [5.74, 6) is 1.71. The van der Waals surface area contributed by atoms with Gasteiger partial charge in [-0.05, 0) is 61.4 Å². The summed E-state index contributed by atoms with van der Waals surface area (Å²) in [4.78, 5) is 16.9. The Labute approximate surface area is 187 Å². The van der Waals surface area contributed by atoms with Crippen molar-refractivity contribution in [3.63, 3.8) is 0 Å². The van der Waals surface area contributed by atoms with E-state index in [0.29, 0.717) is 0 Å². The number of likely N-dealkylation sites (tertiary alicyclic amines) is 1. The second kappa shape index (κ2) is 9.92. The fraction of sp³-hybridized carbons (Fsp3) is 0.192. The number of rotatable bonds is 4. The number of pyridine rings is 1. The maximum atomic E-state index is 10.8. The lowest BCUT2D eigenvalue weighted by molar-refractivity contribution is -0.124. The van der Waals surface area contributed by atoms with Gasteiger partial charge in [-0.25, -0.2) is 0 Å². The van der Waals surface area contributed by atoms with E-state index < -0.39 is 0 Å². The van der Waals surface area contributed by atoms with Crippen LogP contribution in [0.3, 0.4) is 0 Å². The SMILES string of the molecule is C=CC(=O)N1CCCC1.Cn1nc(-c2ccc(Oc3ccccc3)cc2)c2cnccc21. The summed E-state index contributed by atoms with van der Waals surface area (Å²) in [6.45, 7) is 5.26. The number of amides is 1. The van der Waals surface area contributed by atoms with Gasteiger partial charge < -0.3 is 9.64 Å². The summed E-state index contributed by atoms with van der Waals surface area (Å²) in [7, 11) is 1.94. The molecule has 6 heteroatoms. The molecule has 2 aromatic carbocycles. The van der Waals surface area contributed by atoms with Crippen molar-refractivity contribution in [2.45, 2.75) is 12.8 Å². The molecule has 1 saturated heterocycles. The Hall–Kier alpha value is -3.93. The van der Waals surface area contributed by atoms with Crippen LogP contribution >= 0.6 is 0 Å². The maximum absolute atomic E-state index is 10.8. The van der Waals surface area contributed by atoms with E-state index in [-0.39, 0.29) is 5.91 Å². The number of para-hydroxylation sites is 1. The molecule has 5 rings (SSSR count). The van der Waals surface area contributed by atoms with Gasteiger partial charge in [0, 0.05) is 43.5 Å². The number of benzene rings is 2. The van der Waals surface area contributed by atoms with Gasteiger partial charge in [-0.15, -0.1) is 0 Å². The van der Waals surface area contributed by atoms with Crippen LogP contribution in [0.25, 0.3) is 22.2 Å². The van der Waals surface area contributed by atoms with E-state index in [4.69, 9.17) is 4.74 Å². The van der Waals surface area contributed by atoms with Crippen molar-refractivity contribution in [3.05, 3.63) is 85.7 Å². The van der Waals surface area contributed by atoms with Crippen LogP contribution in [0, 0.1) is 0 Å². The Kier molecular flexibility index (Phi) is 6.60. The Morgan fingerprint density at radius 3 is 2.38 bits per heavy atom. The normalized spacial score (nSPS) is 12.8. The molecular weight excluding hydrogens is 400 g/mol. The summed E-state index contributed by atoms with van der Waals surface area (Å²) < 4.78 is 7.70. The summed E-state index contributed by atoms with van der Waals surface area (Å²) in [5.41, 5.74) is 3.05. The van der Waals surface area contributed by atoms with Crippen molar-refractivity contribution in [1.82, 2.24) is 19.7 Å². The second-order valence-corrected chi connectivity index (χ2v) is 7.54. The Morgan fingerprint density at radius 2 is 1.69 bits per heavy atom. The minimum atomic E-state index is 0.0764. The molecule has 162 valence electrons. The monoisotopic (exact) mass is 426 g/mol. The predicted molar refractivity (Wildman–Crippen MR) is 126 cm³/mol. The number of hydrogen-bond donors (Lipinski definition) is 0. The Morgan fingerprint density at radius 1 is 1.00 bits per heavy atom. The maximum Gasteiger partial charge on any atom is 0.245 e. The minimum absolute atomic E-state index is 0.0764. The van der Waals surface area contributed by atoms with Gasteiger partial charge in [0.05, 0.1) is 5.52 Å². The molecule has 2 aromatic heterocycles. The van der Waals surface area contributed by atoms with Crippen LogP contribution in [-0.4, -0.2) is 38.7 Å². The lowest BCUT2D eigenvalue weighted by Gasteiger charge is -2.10. The quantitative estimate of drug-likeness (QED) is 0.420. The molecule has 32 heavy (non-hydrogen) atoms. The van der Waals surface area contributed by atoms with E-state index in [2.05, 4.69) is 16.7 Å². The highest BCUT2D eigenvalue weighted by molar-refractivity contribution is 5.92. The van der Waals surface area contributed by atoms with Crippen molar-refractivity contribution in [1.29, 1.82) is 0 Å². The minimum Gasteiger partial charge on any atom is -0.457 e. The molecule has 6 nitrogen and oxygen atoms in total. The van der Waals surface area contributed by atoms with E-state index in [0.717, 1.165) is 59.6 Å². The molecule has 0 spiro atoms. The zero-order chi connectivity index (χ0) is 22.3. The first-order valence-corrected chi connectivity index (χ1v) is 10.7. The van der Waals surface area contributed by atoms with Crippen LogP contribution in [-0.2, 0) is 11.8 Å². The smallest absolute Gasteiger partial charge is 0.245 e. The number of hydrogen-bond acceptors (Lipinski definition) is 4. The average Bonchev–Trinajstić information content (AvgIpc) is 3.49. The number of carbonyl (C=O) groups excluding carboxylic acids is 1. The van der Waals surface area contributed by atoms with Crippen molar-refractivity contribution in [3.8, 4) is 22.8 Å². The highest BCUT2D eigenvalue weighted by Crippen LogP contribution is 2.29. The van der Waals surface area contributed by atoms with Gasteiger partial charge in [0.2, 0.25) is 5.91 Å². The van der Waals surface area contributed by atoms with Gasteiger partial charge in [0.15, 0.2) is 0 Å².